The largest absolute Gasteiger partial charge is 0.495 e. The first-order valence-electron chi connectivity index (χ1n) is 7.64. The van der Waals surface area contributed by atoms with Crippen LogP contribution in [0, 0.1) is 0 Å². The Morgan fingerprint density at radius 2 is 2.17 bits per heavy atom. The third-order valence-corrected chi connectivity index (χ3v) is 3.69. The summed E-state index contributed by atoms with van der Waals surface area (Å²) in [5.74, 6) is 2.62. The summed E-state index contributed by atoms with van der Waals surface area (Å²) in [5, 5.41) is 15.8. The van der Waals surface area contributed by atoms with Crippen LogP contribution in [0.25, 0.3) is 11.3 Å². The van der Waals surface area contributed by atoms with Gasteiger partial charge < -0.3 is 14.5 Å². The van der Waals surface area contributed by atoms with Gasteiger partial charge in [-0.3, -0.25) is 0 Å². The zero-order valence-electron chi connectivity index (χ0n) is 13.5. The molecule has 3 aromatic rings. The van der Waals surface area contributed by atoms with Crippen LogP contribution in [0.2, 0.25) is 5.02 Å². The molecule has 7 nitrogen and oxygen atoms in total. The molecule has 0 unspecified atom stereocenters. The molecule has 0 amide bonds. The Labute approximate surface area is 144 Å². The summed E-state index contributed by atoms with van der Waals surface area (Å²) in [6, 6.07) is 9.33. The highest BCUT2D eigenvalue weighted by Gasteiger charge is 2.09. The molecule has 0 aliphatic heterocycles. The van der Waals surface area contributed by atoms with E-state index < -0.39 is 0 Å². The predicted octanol–water partition coefficient (Wildman–Crippen LogP) is 3.62. The van der Waals surface area contributed by atoms with Gasteiger partial charge in [-0.05, 0) is 42.0 Å². The second-order valence-corrected chi connectivity index (χ2v) is 5.58. The molecular weight excluding hydrogens is 330 g/mol. The third kappa shape index (κ3) is 3.68. The zero-order valence-corrected chi connectivity index (χ0v) is 14.2. The number of furan rings is 1. The van der Waals surface area contributed by atoms with Gasteiger partial charge in [-0.25, -0.2) is 0 Å². The van der Waals surface area contributed by atoms with Crippen LogP contribution in [0.4, 0.5) is 5.95 Å². The van der Waals surface area contributed by atoms with Gasteiger partial charge in [0, 0.05) is 5.56 Å². The molecule has 0 bridgehead atoms. The molecule has 0 fully saturated rings. The first-order chi connectivity index (χ1) is 11.7. The minimum Gasteiger partial charge on any atom is -0.495 e. The van der Waals surface area contributed by atoms with Crippen molar-refractivity contribution in [3.8, 4) is 17.1 Å². The number of halogens is 1. The molecule has 0 saturated carbocycles. The van der Waals surface area contributed by atoms with E-state index in [0.29, 0.717) is 23.3 Å². The number of hydrogen-bond acceptors (Lipinski definition) is 6. The van der Waals surface area contributed by atoms with Gasteiger partial charge in [0.05, 0.1) is 25.2 Å². The molecule has 2 heterocycles. The topological polar surface area (TPSA) is 78.0 Å². The van der Waals surface area contributed by atoms with Crippen molar-refractivity contribution in [3.05, 3.63) is 41.1 Å². The second kappa shape index (κ2) is 7.35. The van der Waals surface area contributed by atoms with Gasteiger partial charge in [0.2, 0.25) is 0 Å². The van der Waals surface area contributed by atoms with Gasteiger partial charge in [0.1, 0.15) is 17.3 Å². The molecule has 3 rings (SSSR count). The SMILES string of the molecule is CCCn1nnc(NCc2ccc(-c3ccc(OC)c(Cl)c3)o2)n1. The van der Waals surface area contributed by atoms with Gasteiger partial charge in [0.25, 0.3) is 5.95 Å². The molecule has 1 aromatic carbocycles. The summed E-state index contributed by atoms with van der Waals surface area (Å²) in [6.45, 7) is 3.28. The van der Waals surface area contributed by atoms with Crippen LogP contribution in [0.5, 0.6) is 5.75 Å². The van der Waals surface area contributed by atoms with E-state index in [9.17, 15) is 0 Å². The first kappa shape index (κ1) is 16.3. The molecule has 1 N–H and O–H groups in total. The van der Waals surface area contributed by atoms with E-state index in [1.54, 1.807) is 11.9 Å². The maximum atomic E-state index is 6.15. The number of hydrogen-bond donors (Lipinski definition) is 1. The molecule has 0 saturated heterocycles. The summed E-state index contributed by atoms with van der Waals surface area (Å²) in [5.41, 5.74) is 0.888. The standard InChI is InChI=1S/C16H18ClN5O2/c1-3-8-22-20-16(19-21-22)18-10-12-5-7-14(24-12)11-4-6-15(23-2)13(17)9-11/h4-7,9H,3,8,10H2,1-2H3,(H,18,20). The molecule has 0 aliphatic rings. The van der Waals surface area contributed by atoms with Gasteiger partial charge in [-0.1, -0.05) is 23.6 Å². The van der Waals surface area contributed by atoms with E-state index in [2.05, 4.69) is 27.7 Å². The number of ether oxygens (including phenoxy) is 1. The highest BCUT2D eigenvalue weighted by Crippen LogP contribution is 2.31. The van der Waals surface area contributed by atoms with Crippen molar-refractivity contribution in [3.63, 3.8) is 0 Å². The molecule has 126 valence electrons. The van der Waals surface area contributed by atoms with Gasteiger partial charge >= 0.3 is 0 Å². The molecule has 0 aliphatic carbocycles. The van der Waals surface area contributed by atoms with Crippen LogP contribution < -0.4 is 10.1 Å². The molecular formula is C16H18ClN5O2. The predicted molar refractivity (Wildman–Crippen MR) is 91.1 cm³/mol. The minimum atomic E-state index is 0.474. The summed E-state index contributed by atoms with van der Waals surface area (Å²) in [4.78, 5) is 1.56. The highest BCUT2D eigenvalue weighted by atomic mass is 35.5. The number of benzene rings is 1. The Morgan fingerprint density at radius 3 is 2.92 bits per heavy atom. The number of rotatable bonds is 7. The zero-order chi connectivity index (χ0) is 16.9. The third-order valence-electron chi connectivity index (χ3n) is 3.40. The van der Waals surface area contributed by atoms with Crippen molar-refractivity contribution in [2.75, 3.05) is 12.4 Å². The fourth-order valence-corrected chi connectivity index (χ4v) is 2.48. The van der Waals surface area contributed by atoms with Crippen LogP contribution >= 0.6 is 11.6 Å². The Kier molecular flexibility index (Phi) is 5.00. The van der Waals surface area contributed by atoms with E-state index >= 15 is 0 Å². The fourth-order valence-electron chi connectivity index (χ4n) is 2.22. The average molecular weight is 348 g/mol. The summed E-state index contributed by atoms with van der Waals surface area (Å²) in [7, 11) is 1.59. The van der Waals surface area contributed by atoms with Crippen molar-refractivity contribution in [1.29, 1.82) is 0 Å². The highest BCUT2D eigenvalue weighted by molar-refractivity contribution is 6.32. The lowest BCUT2D eigenvalue weighted by atomic mass is 10.2. The molecule has 0 spiro atoms. The Morgan fingerprint density at radius 1 is 1.29 bits per heavy atom. The maximum Gasteiger partial charge on any atom is 0.263 e. The lowest BCUT2D eigenvalue weighted by molar-refractivity contribution is 0.415. The van der Waals surface area contributed by atoms with Crippen molar-refractivity contribution >= 4 is 17.5 Å². The van der Waals surface area contributed by atoms with Crippen molar-refractivity contribution in [2.45, 2.75) is 26.4 Å². The number of tetrazole rings is 1. The van der Waals surface area contributed by atoms with Gasteiger partial charge in [-0.2, -0.15) is 4.80 Å². The van der Waals surface area contributed by atoms with Crippen molar-refractivity contribution in [2.24, 2.45) is 0 Å². The number of methoxy groups -OCH3 is 1. The Hall–Kier alpha value is -2.54. The molecule has 0 atom stereocenters. The first-order valence-corrected chi connectivity index (χ1v) is 8.01. The number of nitrogens with one attached hydrogen (secondary N) is 1. The van der Waals surface area contributed by atoms with E-state index in [0.717, 1.165) is 30.0 Å². The van der Waals surface area contributed by atoms with E-state index in [1.807, 2.05) is 30.3 Å². The monoisotopic (exact) mass is 347 g/mol. The molecule has 24 heavy (non-hydrogen) atoms. The van der Waals surface area contributed by atoms with Crippen LogP contribution in [-0.2, 0) is 13.1 Å². The van der Waals surface area contributed by atoms with E-state index in [-0.39, 0.29) is 0 Å². The van der Waals surface area contributed by atoms with Crippen molar-refractivity contribution < 1.29 is 9.15 Å². The van der Waals surface area contributed by atoms with Crippen LogP contribution in [-0.4, -0.2) is 27.3 Å². The molecule has 0 radical (unpaired) electrons. The summed E-state index contributed by atoms with van der Waals surface area (Å²) in [6.07, 6.45) is 0.960. The molecule has 8 heteroatoms. The van der Waals surface area contributed by atoms with E-state index in [4.69, 9.17) is 20.8 Å². The maximum absolute atomic E-state index is 6.15. The van der Waals surface area contributed by atoms with Gasteiger partial charge in [-0.15, -0.1) is 5.10 Å². The number of nitrogens with zero attached hydrogens (tertiary/aromatic N) is 4. The number of aromatic nitrogens is 4. The quantitative estimate of drug-likeness (QED) is 0.703. The number of aryl methyl sites for hydroxylation is 1. The minimum absolute atomic E-state index is 0.474. The lowest BCUT2D eigenvalue weighted by Crippen LogP contribution is -2.03. The second-order valence-electron chi connectivity index (χ2n) is 5.18. The van der Waals surface area contributed by atoms with Crippen molar-refractivity contribution in [1.82, 2.24) is 20.2 Å². The Bertz CT molecular complexity index is 814. The molecule has 2 aromatic heterocycles. The van der Waals surface area contributed by atoms with E-state index in [1.165, 1.54) is 0 Å². The summed E-state index contributed by atoms with van der Waals surface area (Å²) < 4.78 is 11.0. The number of anilines is 1. The lowest BCUT2D eigenvalue weighted by Gasteiger charge is -2.04. The van der Waals surface area contributed by atoms with Crippen LogP contribution in [0.15, 0.2) is 34.7 Å². The Balaban J connectivity index is 1.65. The average Bonchev–Trinajstić information content (AvgIpc) is 3.22. The summed E-state index contributed by atoms with van der Waals surface area (Å²) >= 11 is 6.15. The fraction of sp³-hybridized carbons (Fsp3) is 0.312. The normalized spacial score (nSPS) is 10.8. The van der Waals surface area contributed by atoms with Crippen LogP contribution in [0.1, 0.15) is 19.1 Å². The van der Waals surface area contributed by atoms with Crippen LogP contribution in [0.3, 0.4) is 0 Å². The smallest absolute Gasteiger partial charge is 0.263 e. The van der Waals surface area contributed by atoms with Gasteiger partial charge in [0.15, 0.2) is 0 Å².